The summed E-state index contributed by atoms with van der Waals surface area (Å²) in [5.74, 6) is -1.86. The van der Waals surface area contributed by atoms with Gasteiger partial charge in [-0.1, -0.05) is 75.0 Å². The van der Waals surface area contributed by atoms with Gasteiger partial charge < -0.3 is 5.32 Å². The van der Waals surface area contributed by atoms with Crippen LogP contribution in [0.3, 0.4) is 0 Å². The van der Waals surface area contributed by atoms with Crippen LogP contribution >= 0.6 is 50.7 Å². The Balaban J connectivity index is 2.38. The zero-order chi connectivity index (χ0) is 19.5. The van der Waals surface area contributed by atoms with Crippen LogP contribution in [0.15, 0.2) is 40.9 Å². The first-order chi connectivity index (χ1) is 12.1. The molecule has 2 aromatic carbocycles. The Morgan fingerprint density at radius 1 is 1.12 bits per heavy atom. The third-order valence-corrected chi connectivity index (χ3v) is 5.58. The first-order valence-electron chi connectivity index (χ1n) is 7.46. The van der Waals surface area contributed by atoms with Crippen molar-refractivity contribution in [3.8, 4) is 0 Å². The molecule has 140 valence electrons. The number of alkyl halides is 3. The quantitative estimate of drug-likeness (QED) is 0.431. The van der Waals surface area contributed by atoms with Crippen molar-refractivity contribution in [3.63, 3.8) is 0 Å². The number of rotatable bonds is 5. The fourth-order valence-corrected chi connectivity index (χ4v) is 3.52. The van der Waals surface area contributed by atoms with Crippen molar-refractivity contribution >= 4 is 56.8 Å². The average molecular weight is 488 g/mol. The minimum Gasteiger partial charge on any atom is -0.316 e. The molecule has 2 aromatic rings. The predicted molar refractivity (Wildman–Crippen MR) is 106 cm³/mol. The van der Waals surface area contributed by atoms with Gasteiger partial charge in [-0.2, -0.15) is 13.2 Å². The van der Waals surface area contributed by atoms with E-state index in [0.717, 1.165) is 16.1 Å². The summed E-state index contributed by atoms with van der Waals surface area (Å²) in [5.41, 5.74) is 1.57. The van der Waals surface area contributed by atoms with Crippen molar-refractivity contribution in [1.82, 2.24) is 5.32 Å². The van der Waals surface area contributed by atoms with Crippen LogP contribution in [0.1, 0.15) is 22.6 Å². The molecule has 1 unspecified atom stereocenters. The molecule has 0 aliphatic heterocycles. The lowest BCUT2D eigenvalue weighted by Crippen LogP contribution is -2.19. The molecule has 2 rings (SSSR count). The summed E-state index contributed by atoms with van der Waals surface area (Å²) in [6.07, 6.45) is -2.00. The summed E-state index contributed by atoms with van der Waals surface area (Å²) < 4.78 is 41.4. The Morgan fingerprint density at radius 2 is 1.73 bits per heavy atom. The lowest BCUT2D eigenvalue weighted by Gasteiger charge is -2.18. The minimum atomic E-state index is -4.50. The molecule has 0 bridgehead atoms. The van der Waals surface area contributed by atoms with Gasteiger partial charge in [0, 0.05) is 11.0 Å². The van der Waals surface area contributed by atoms with Gasteiger partial charge in [-0.25, -0.2) is 0 Å². The lowest BCUT2D eigenvalue weighted by atomic mass is 9.97. The van der Waals surface area contributed by atoms with Gasteiger partial charge in [-0.3, -0.25) is 0 Å². The molecule has 8 heteroatoms. The number of allylic oxidation sites excluding steroid dienone is 1. The Labute approximate surface area is 173 Å². The van der Waals surface area contributed by atoms with Gasteiger partial charge in [0.05, 0.1) is 21.0 Å². The molecule has 1 N–H and O–H groups in total. The van der Waals surface area contributed by atoms with E-state index in [-0.39, 0.29) is 20.6 Å². The van der Waals surface area contributed by atoms with E-state index in [2.05, 4.69) is 21.2 Å². The third-order valence-electron chi connectivity index (χ3n) is 3.64. The fourth-order valence-electron chi connectivity index (χ4n) is 2.37. The highest BCUT2D eigenvalue weighted by Gasteiger charge is 2.39. The van der Waals surface area contributed by atoms with Gasteiger partial charge in [-0.15, -0.1) is 0 Å². The maximum Gasteiger partial charge on any atom is 0.399 e. The smallest absolute Gasteiger partial charge is 0.316 e. The number of benzene rings is 2. The molecule has 0 heterocycles. The largest absolute Gasteiger partial charge is 0.399 e. The molecule has 0 fully saturated rings. The molecule has 1 atom stereocenters. The SMILES string of the molecule is CNCc1ccc(/C=C/C(c2cc(Cl)c(Cl)c(Cl)c2)C(F)(F)F)cc1Br. The van der Waals surface area contributed by atoms with Crippen molar-refractivity contribution in [2.75, 3.05) is 7.05 Å². The van der Waals surface area contributed by atoms with E-state index in [9.17, 15) is 13.2 Å². The Morgan fingerprint density at radius 3 is 2.23 bits per heavy atom. The van der Waals surface area contributed by atoms with Crippen LogP contribution < -0.4 is 5.32 Å². The van der Waals surface area contributed by atoms with Gasteiger partial charge in [-0.05, 0) is 41.9 Å². The molecule has 0 aliphatic carbocycles. The van der Waals surface area contributed by atoms with Crippen LogP contribution in [-0.2, 0) is 6.54 Å². The van der Waals surface area contributed by atoms with E-state index >= 15 is 0 Å². The molecule has 0 saturated carbocycles. The molecule has 0 aromatic heterocycles. The first kappa shape index (κ1) is 21.6. The predicted octanol–water partition coefficient (Wildman–Crippen LogP) is 7.49. The summed E-state index contributed by atoms with van der Waals surface area (Å²) in [5, 5.41) is 3.02. The summed E-state index contributed by atoms with van der Waals surface area (Å²) in [4.78, 5) is 0. The maximum atomic E-state index is 13.5. The van der Waals surface area contributed by atoms with Crippen molar-refractivity contribution in [2.45, 2.75) is 18.6 Å². The molecule has 0 amide bonds. The Hall–Kier alpha value is -0.720. The minimum absolute atomic E-state index is 0.0176. The molecule has 1 nitrogen and oxygen atoms in total. The standard InChI is InChI=1S/C18H14BrCl3F3N/c1-26-9-11-4-2-10(6-14(11)19)3-5-13(18(23,24)25)12-7-15(20)17(22)16(21)8-12/h2-8,13,26H,9H2,1H3/b5-3+. The fraction of sp³-hybridized carbons (Fsp3) is 0.222. The number of hydrogen-bond donors (Lipinski definition) is 1. The van der Waals surface area contributed by atoms with Crippen molar-refractivity contribution < 1.29 is 13.2 Å². The highest BCUT2D eigenvalue weighted by atomic mass is 79.9. The van der Waals surface area contributed by atoms with Gasteiger partial charge in [0.2, 0.25) is 0 Å². The van der Waals surface area contributed by atoms with E-state index in [1.54, 1.807) is 12.1 Å². The second kappa shape index (κ2) is 8.98. The average Bonchev–Trinajstić information content (AvgIpc) is 2.54. The molecule has 0 saturated heterocycles. The molecule has 0 aliphatic rings. The van der Waals surface area contributed by atoms with Crippen molar-refractivity contribution in [1.29, 1.82) is 0 Å². The summed E-state index contributed by atoms with van der Waals surface area (Å²) in [7, 11) is 1.82. The second-order valence-corrected chi connectivity index (χ2v) is 7.60. The van der Waals surface area contributed by atoms with E-state index in [1.807, 2.05) is 13.1 Å². The normalized spacial score (nSPS) is 13.4. The van der Waals surface area contributed by atoms with Crippen molar-refractivity contribution in [2.24, 2.45) is 0 Å². The number of nitrogens with one attached hydrogen (secondary N) is 1. The van der Waals surface area contributed by atoms with Gasteiger partial charge in [0.25, 0.3) is 0 Å². The van der Waals surface area contributed by atoms with E-state index in [0.29, 0.717) is 12.1 Å². The Bertz CT molecular complexity index is 799. The zero-order valence-corrected chi connectivity index (χ0v) is 17.3. The van der Waals surface area contributed by atoms with E-state index in [4.69, 9.17) is 34.8 Å². The van der Waals surface area contributed by atoms with E-state index < -0.39 is 12.1 Å². The zero-order valence-electron chi connectivity index (χ0n) is 13.5. The topological polar surface area (TPSA) is 12.0 Å². The van der Waals surface area contributed by atoms with Crippen LogP contribution in [0.5, 0.6) is 0 Å². The van der Waals surface area contributed by atoms with E-state index in [1.165, 1.54) is 18.2 Å². The third kappa shape index (κ3) is 5.40. The molecule has 26 heavy (non-hydrogen) atoms. The van der Waals surface area contributed by atoms with Crippen LogP contribution in [0.25, 0.3) is 6.08 Å². The van der Waals surface area contributed by atoms with Crippen LogP contribution in [-0.4, -0.2) is 13.2 Å². The summed E-state index contributed by atoms with van der Waals surface area (Å²) >= 11 is 21.0. The molecule has 0 radical (unpaired) electrons. The highest BCUT2D eigenvalue weighted by Crippen LogP contribution is 2.41. The summed E-state index contributed by atoms with van der Waals surface area (Å²) in [6, 6.07) is 7.73. The lowest BCUT2D eigenvalue weighted by molar-refractivity contribution is -0.139. The molecular formula is C18H14BrCl3F3N. The number of hydrogen-bond acceptors (Lipinski definition) is 1. The second-order valence-electron chi connectivity index (χ2n) is 5.56. The van der Waals surface area contributed by atoms with Crippen LogP contribution in [0.4, 0.5) is 13.2 Å². The monoisotopic (exact) mass is 485 g/mol. The highest BCUT2D eigenvalue weighted by molar-refractivity contribution is 9.10. The van der Waals surface area contributed by atoms with Crippen LogP contribution in [0, 0.1) is 0 Å². The summed E-state index contributed by atoms with van der Waals surface area (Å²) in [6.45, 7) is 0.650. The van der Waals surface area contributed by atoms with Gasteiger partial charge >= 0.3 is 6.18 Å². The van der Waals surface area contributed by atoms with Gasteiger partial charge in [0.1, 0.15) is 0 Å². The molecular weight excluding hydrogens is 473 g/mol. The number of halogens is 7. The van der Waals surface area contributed by atoms with Crippen LogP contribution in [0.2, 0.25) is 15.1 Å². The molecule has 0 spiro atoms. The Kier molecular flexibility index (Phi) is 7.45. The van der Waals surface area contributed by atoms with Gasteiger partial charge in [0.15, 0.2) is 0 Å². The maximum absolute atomic E-state index is 13.5. The first-order valence-corrected chi connectivity index (χ1v) is 9.38. The van der Waals surface area contributed by atoms with Crippen molar-refractivity contribution in [3.05, 3.63) is 72.6 Å².